The highest BCUT2D eigenvalue weighted by atomic mass is 19.4. The third-order valence-electron chi connectivity index (χ3n) is 7.28. The van der Waals surface area contributed by atoms with Gasteiger partial charge in [-0.3, -0.25) is 9.59 Å². The molecule has 2 N–H and O–H groups in total. The number of fused-ring (bicyclic) bond motifs is 2. The van der Waals surface area contributed by atoms with Gasteiger partial charge in [-0.2, -0.15) is 27.1 Å². The van der Waals surface area contributed by atoms with E-state index in [1.807, 2.05) is 0 Å². The second kappa shape index (κ2) is 8.60. The average Bonchev–Trinajstić information content (AvgIpc) is 3.45. The number of halogens is 7. The van der Waals surface area contributed by atoms with E-state index in [0.717, 1.165) is 23.0 Å². The van der Waals surface area contributed by atoms with Crippen molar-refractivity contribution in [2.75, 3.05) is 5.32 Å². The molecule has 0 spiro atoms. The van der Waals surface area contributed by atoms with Crippen LogP contribution in [0.5, 0.6) is 0 Å². The number of aromatic amines is 1. The van der Waals surface area contributed by atoms with Crippen molar-refractivity contribution in [2.45, 2.75) is 43.2 Å². The van der Waals surface area contributed by atoms with E-state index in [1.165, 1.54) is 18.3 Å². The first kappa shape index (κ1) is 26.0. The van der Waals surface area contributed by atoms with Gasteiger partial charge in [0.15, 0.2) is 23.1 Å². The first-order valence-corrected chi connectivity index (χ1v) is 12.0. The van der Waals surface area contributed by atoms with Crippen LogP contribution in [0, 0.1) is 17.6 Å². The van der Waals surface area contributed by atoms with Gasteiger partial charge in [-0.15, -0.1) is 0 Å². The number of rotatable bonds is 6. The molecule has 1 aliphatic heterocycles. The number of alkyl halides is 5. The number of anilines is 1. The number of amides is 1. The van der Waals surface area contributed by atoms with Gasteiger partial charge >= 0.3 is 12.1 Å². The standard InChI is InChI=1S/C25H17F7N6O2/c26-14-4-3-12(7-15(14)27)24(11-1-2-11)19(39)13-8-17(36-20(13)37-22(24)40)18-9-38-21(33-10-34-38)16(35-18)5-6-23(28,29)25(30,31)32/h3-4,7-11,36H,1-2,5-6H2,(H,37,40). The summed E-state index contributed by atoms with van der Waals surface area (Å²) in [5, 5.41) is 6.53. The van der Waals surface area contributed by atoms with E-state index in [-0.39, 0.29) is 39.7 Å². The number of hydrogen-bond acceptors (Lipinski definition) is 5. The number of Topliss-reactive ketones (excluding diaryl/α,β-unsaturated/α-hetero) is 1. The average molecular weight is 566 g/mol. The molecule has 0 bridgehead atoms. The first-order valence-electron chi connectivity index (χ1n) is 12.0. The summed E-state index contributed by atoms with van der Waals surface area (Å²) in [6.45, 7) is 0. The van der Waals surface area contributed by atoms with Gasteiger partial charge in [-0.25, -0.2) is 23.3 Å². The third kappa shape index (κ3) is 3.85. The van der Waals surface area contributed by atoms with E-state index in [4.69, 9.17) is 0 Å². The van der Waals surface area contributed by atoms with Crippen LogP contribution in [-0.4, -0.2) is 48.4 Å². The molecule has 4 heterocycles. The fraction of sp³-hybridized carbons (Fsp3) is 0.320. The van der Waals surface area contributed by atoms with E-state index in [9.17, 15) is 40.3 Å². The largest absolute Gasteiger partial charge is 0.453 e. The maximum absolute atomic E-state index is 14.1. The smallest absolute Gasteiger partial charge is 0.339 e. The zero-order valence-corrected chi connectivity index (χ0v) is 20.1. The molecule has 1 amide bonds. The molecule has 8 nitrogen and oxygen atoms in total. The van der Waals surface area contributed by atoms with Crippen molar-refractivity contribution in [1.29, 1.82) is 0 Å². The second-order valence-corrected chi connectivity index (χ2v) is 9.77. The van der Waals surface area contributed by atoms with Gasteiger partial charge in [0.2, 0.25) is 5.91 Å². The van der Waals surface area contributed by atoms with Crippen LogP contribution in [0.15, 0.2) is 36.8 Å². The summed E-state index contributed by atoms with van der Waals surface area (Å²) in [7, 11) is 0. The van der Waals surface area contributed by atoms with Crippen LogP contribution in [0.25, 0.3) is 17.0 Å². The molecule has 40 heavy (non-hydrogen) atoms. The Kier molecular flexibility index (Phi) is 5.58. The predicted octanol–water partition coefficient (Wildman–Crippen LogP) is 5.01. The highest BCUT2D eigenvalue weighted by Crippen LogP contribution is 2.52. The van der Waals surface area contributed by atoms with Crippen LogP contribution in [-0.2, 0) is 16.6 Å². The minimum Gasteiger partial charge on any atom is -0.339 e. The van der Waals surface area contributed by atoms with E-state index >= 15 is 0 Å². The van der Waals surface area contributed by atoms with Crippen LogP contribution in [0.2, 0.25) is 0 Å². The molecule has 1 unspecified atom stereocenters. The molecule has 1 aromatic carbocycles. The topological polar surface area (TPSA) is 105 Å². The Hall–Kier alpha value is -4.30. The zero-order valence-electron chi connectivity index (χ0n) is 20.1. The lowest BCUT2D eigenvalue weighted by molar-refractivity contribution is -0.284. The lowest BCUT2D eigenvalue weighted by atomic mass is 9.68. The summed E-state index contributed by atoms with van der Waals surface area (Å²) in [5.41, 5.74) is -1.89. The van der Waals surface area contributed by atoms with Gasteiger partial charge in [-0.05, 0) is 48.9 Å². The molecule has 15 heteroatoms. The Morgan fingerprint density at radius 2 is 1.80 bits per heavy atom. The Morgan fingerprint density at radius 3 is 2.48 bits per heavy atom. The monoisotopic (exact) mass is 566 g/mol. The maximum atomic E-state index is 14.1. The Balaban J connectivity index is 1.40. The number of hydrogen-bond donors (Lipinski definition) is 2. The molecule has 1 atom stereocenters. The quantitative estimate of drug-likeness (QED) is 0.252. The summed E-state index contributed by atoms with van der Waals surface area (Å²) in [5.74, 6) is -9.17. The molecule has 3 aromatic heterocycles. The second-order valence-electron chi connectivity index (χ2n) is 9.77. The van der Waals surface area contributed by atoms with Crippen molar-refractivity contribution in [3.05, 3.63) is 65.2 Å². The van der Waals surface area contributed by atoms with Crippen LogP contribution >= 0.6 is 0 Å². The van der Waals surface area contributed by atoms with Crippen LogP contribution in [0.1, 0.15) is 40.9 Å². The highest BCUT2D eigenvalue weighted by Gasteiger charge is 2.60. The highest BCUT2D eigenvalue weighted by molar-refractivity contribution is 6.28. The Labute approximate surface area is 219 Å². The number of nitrogens with zero attached hydrogens (tertiary/aromatic N) is 4. The number of benzene rings is 1. The first-order chi connectivity index (χ1) is 18.8. The number of ketones is 1. The summed E-state index contributed by atoms with van der Waals surface area (Å²) < 4.78 is 94.3. The molecular formula is C25H17F7N6O2. The number of aromatic nitrogens is 5. The molecular weight excluding hydrogens is 549 g/mol. The minimum atomic E-state index is -5.74. The van der Waals surface area contributed by atoms with Crippen molar-refractivity contribution < 1.29 is 40.3 Å². The SMILES string of the molecule is O=C1Nc2[nH]c(-c3cn4ncnc4c(CCC(F)(F)C(F)(F)F)n3)cc2C(=O)C1(c1ccc(F)c(F)c1)C1CC1. The molecule has 4 aromatic rings. The van der Waals surface area contributed by atoms with Gasteiger partial charge in [0.25, 0.3) is 0 Å². The van der Waals surface area contributed by atoms with Crippen molar-refractivity contribution in [2.24, 2.45) is 5.92 Å². The zero-order chi connectivity index (χ0) is 28.6. The summed E-state index contributed by atoms with van der Waals surface area (Å²) in [4.78, 5) is 38.2. The van der Waals surface area contributed by atoms with Gasteiger partial charge in [0.05, 0.1) is 23.1 Å². The fourth-order valence-electron chi connectivity index (χ4n) is 5.13. The molecule has 2 aliphatic rings. The number of H-pyrrole nitrogens is 1. The predicted molar refractivity (Wildman–Crippen MR) is 124 cm³/mol. The molecule has 6 rings (SSSR count). The number of carbonyl (C=O) groups is 2. The number of carbonyl (C=O) groups excluding carboxylic acids is 2. The normalized spacial score (nSPS) is 19.7. The summed E-state index contributed by atoms with van der Waals surface area (Å²) in [6.07, 6.45) is -4.72. The molecule has 0 saturated heterocycles. The molecule has 1 fully saturated rings. The molecule has 1 saturated carbocycles. The van der Waals surface area contributed by atoms with Gasteiger partial charge in [0, 0.05) is 6.42 Å². The summed E-state index contributed by atoms with van der Waals surface area (Å²) >= 11 is 0. The molecule has 1 aliphatic carbocycles. The number of nitrogens with one attached hydrogen (secondary N) is 2. The van der Waals surface area contributed by atoms with Gasteiger partial charge in [0.1, 0.15) is 23.3 Å². The number of aryl methyl sites for hydroxylation is 1. The lowest BCUT2D eigenvalue weighted by Crippen LogP contribution is -2.52. The van der Waals surface area contributed by atoms with Crippen molar-refractivity contribution >= 4 is 23.2 Å². The lowest BCUT2D eigenvalue weighted by Gasteiger charge is -2.35. The van der Waals surface area contributed by atoms with E-state index in [2.05, 4.69) is 25.4 Å². The van der Waals surface area contributed by atoms with Crippen molar-refractivity contribution in [1.82, 2.24) is 24.6 Å². The van der Waals surface area contributed by atoms with Crippen LogP contribution in [0.3, 0.4) is 0 Å². The van der Waals surface area contributed by atoms with E-state index in [1.54, 1.807) is 0 Å². The molecule has 208 valence electrons. The van der Waals surface area contributed by atoms with Crippen LogP contribution < -0.4 is 5.32 Å². The van der Waals surface area contributed by atoms with Gasteiger partial charge < -0.3 is 10.3 Å². The Bertz CT molecular complexity index is 1690. The Morgan fingerprint density at radius 1 is 1.05 bits per heavy atom. The van der Waals surface area contributed by atoms with Crippen molar-refractivity contribution in [3.8, 4) is 11.4 Å². The van der Waals surface area contributed by atoms with E-state index in [0.29, 0.717) is 12.8 Å². The minimum absolute atomic E-state index is 0.000149. The maximum Gasteiger partial charge on any atom is 0.453 e. The molecule has 0 radical (unpaired) electrons. The van der Waals surface area contributed by atoms with Crippen LogP contribution in [0.4, 0.5) is 36.6 Å². The fourth-order valence-corrected chi connectivity index (χ4v) is 5.13. The third-order valence-corrected chi connectivity index (χ3v) is 7.28. The van der Waals surface area contributed by atoms with E-state index < -0.39 is 59.6 Å². The summed E-state index contributed by atoms with van der Waals surface area (Å²) in [6, 6.07) is 4.20. The van der Waals surface area contributed by atoms with Gasteiger partial charge in [-0.1, -0.05) is 6.07 Å². The van der Waals surface area contributed by atoms with Crippen molar-refractivity contribution in [3.63, 3.8) is 0 Å².